The van der Waals surface area contributed by atoms with Gasteiger partial charge >= 0.3 is 10.4 Å². The van der Waals surface area contributed by atoms with E-state index in [1.165, 1.54) is 5.56 Å². The van der Waals surface area contributed by atoms with Gasteiger partial charge in [-0.25, -0.2) is 0 Å². The van der Waals surface area contributed by atoms with Crippen molar-refractivity contribution in [2.24, 2.45) is 0 Å². The highest BCUT2D eigenvalue weighted by atomic mass is 35.5. The molecule has 1 aromatic carbocycles. The molecule has 0 aromatic heterocycles. The molecule has 1 saturated heterocycles. The predicted molar refractivity (Wildman–Crippen MR) is 73.7 cm³/mol. The van der Waals surface area contributed by atoms with E-state index in [2.05, 4.69) is 23.6 Å². The van der Waals surface area contributed by atoms with Crippen LogP contribution in [0.5, 0.6) is 0 Å². The minimum atomic E-state index is -4.67. The topological polar surface area (TPSA) is 77.8 Å². The van der Waals surface area contributed by atoms with E-state index < -0.39 is 10.4 Å². The summed E-state index contributed by atoms with van der Waals surface area (Å²) < 4.78 is 31.6. The Hall–Kier alpha value is -0.310. The van der Waals surface area contributed by atoms with Crippen LogP contribution in [0, 0.1) is 0 Å². The second-order valence-electron chi connectivity index (χ2n) is 3.89. The molecular formula is C10H14ClNO4S2. The summed E-state index contributed by atoms with van der Waals surface area (Å²) in [7, 11) is -4.67. The van der Waals surface area contributed by atoms with Crippen molar-refractivity contribution in [1.29, 1.82) is 0 Å². The van der Waals surface area contributed by atoms with Crippen molar-refractivity contribution in [3.63, 3.8) is 0 Å². The van der Waals surface area contributed by atoms with Crippen molar-refractivity contribution in [3.8, 4) is 0 Å². The second kappa shape index (κ2) is 6.74. The minimum absolute atomic E-state index is 0.558. The van der Waals surface area contributed by atoms with E-state index in [-0.39, 0.29) is 0 Å². The zero-order chi connectivity index (χ0) is 13.8. The van der Waals surface area contributed by atoms with E-state index in [1.54, 1.807) is 0 Å². The van der Waals surface area contributed by atoms with E-state index in [0.717, 1.165) is 24.7 Å². The average molecular weight is 312 g/mol. The van der Waals surface area contributed by atoms with Gasteiger partial charge in [0.05, 0.1) is 0 Å². The smallest absolute Gasteiger partial charge is 0.297 e. The van der Waals surface area contributed by atoms with Crippen LogP contribution in [0.1, 0.15) is 5.56 Å². The molecule has 2 rings (SSSR count). The highest BCUT2D eigenvalue weighted by Crippen LogP contribution is 2.21. The first-order valence-corrected chi connectivity index (χ1v) is 7.38. The number of halogens is 1. The molecule has 1 aliphatic rings. The van der Waals surface area contributed by atoms with Gasteiger partial charge in [-0.3, -0.25) is 14.0 Å². The molecular weight excluding hydrogens is 298 g/mol. The molecule has 1 heterocycles. The van der Waals surface area contributed by atoms with Gasteiger partial charge in [-0.05, 0) is 11.6 Å². The summed E-state index contributed by atoms with van der Waals surface area (Å²) in [5.74, 6) is 0. The molecule has 0 amide bonds. The normalized spacial score (nSPS) is 16.7. The number of likely N-dealkylation sites (tertiary alicyclic amines) is 1. The molecule has 0 radical (unpaired) electrons. The average Bonchev–Trinajstić information content (AvgIpc) is 2.16. The van der Waals surface area contributed by atoms with Crippen LogP contribution >= 0.6 is 24.2 Å². The zero-order valence-corrected chi connectivity index (χ0v) is 11.9. The number of rotatable bonds is 2. The fourth-order valence-corrected chi connectivity index (χ4v) is 2.20. The number of thiol groups is 1. The maximum atomic E-state index is 8.74. The Bertz CT molecular complexity index is 480. The SMILES string of the molecule is O=S(=O)(O)O.SC1CN(Cc2ccccc2Cl)C1. The lowest BCUT2D eigenvalue weighted by molar-refractivity contribution is 0.182. The zero-order valence-electron chi connectivity index (χ0n) is 9.40. The Balaban J connectivity index is 0.000000280. The monoisotopic (exact) mass is 311 g/mol. The molecule has 0 saturated carbocycles. The van der Waals surface area contributed by atoms with Crippen molar-refractivity contribution in [2.75, 3.05) is 13.1 Å². The van der Waals surface area contributed by atoms with Gasteiger partial charge in [0.25, 0.3) is 0 Å². The molecule has 5 nitrogen and oxygen atoms in total. The quantitative estimate of drug-likeness (QED) is 0.573. The third kappa shape index (κ3) is 6.58. The van der Waals surface area contributed by atoms with Crippen molar-refractivity contribution < 1.29 is 17.5 Å². The van der Waals surface area contributed by atoms with Gasteiger partial charge in [-0.15, -0.1) is 0 Å². The first kappa shape index (κ1) is 15.7. The Labute approximate surface area is 117 Å². The van der Waals surface area contributed by atoms with E-state index in [9.17, 15) is 0 Å². The van der Waals surface area contributed by atoms with Crippen LogP contribution in [-0.4, -0.2) is 40.8 Å². The summed E-state index contributed by atoms with van der Waals surface area (Å²) in [6.07, 6.45) is 0. The summed E-state index contributed by atoms with van der Waals surface area (Å²) in [5.41, 5.74) is 1.21. The van der Waals surface area contributed by atoms with Crippen LogP contribution in [0.4, 0.5) is 0 Å². The minimum Gasteiger partial charge on any atom is -0.297 e. The van der Waals surface area contributed by atoms with Crippen LogP contribution < -0.4 is 0 Å². The summed E-state index contributed by atoms with van der Waals surface area (Å²) in [5, 5.41) is 1.42. The number of nitrogens with zero attached hydrogens (tertiary/aromatic N) is 1. The van der Waals surface area contributed by atoms with Gasteiger partial charge in [0.1, 0.15) is 0 Å². The van der Waals surface area contributed by atoms with E-state index >= 15 is 0 Å². The van der Waals surface area contributed by atoms with E-state index in [4.69, 9.17) is 29.1 Å². The fraction of sp³-hybridized carbons (Fsp3) is 0.400. The number of hydrogen-bond acceptors (Lipinski definition) is 4. The Morgan fingerprint density at radius 3 is 2.28 bits per heavy atom. The van der Waals surface area contributed by atoms with Crippen molar-refractivity contribution in [3.05, 3.63) is 34.9 Å². The van der Waals surface area contributed by atoms with Crippen LogP contribution in [0.15, 0.2) is 24.3 Å². The molecule has 1 fully saturated rings. The molecule has 1 aromatic rings. The number of benzene rings is 1. The molecule has 0 aliphatic carbocycles. The first-order chi connectivity index (χ1) is 8.25. The highest BCUT2D eigenvalue weighted by Gasteiger charge is 2.23. The van der Waals surface area contributed by atoms with Gasteiger partial charge in [0.15, 0.2) is 0 Å². The Morgan fingerprint density at radius 1 is 1.33 bits per heavy atom. The molecule has 1 aliphatic heterocycles. The van der Waals surface area contributed by atoms with Crippen molar-refractivity contribution in [2.45, 2.75) is 11.8 Å². The van der Waals surface area contributed by atoms with Crippen LogP contribution in [0.3, 0.4) is 0 Å². The third-order valence-corrected chi connectivity index (χ3v) is 2.99. The fourth-order valence-electron chi connectivity index (χ4n) is 1.54. The molecule has 102 valence electrons. The molecule has 0 unspecified atom stereocenters. The molecule has 18 heavy (non-hydrogen) atoms. The van der Waals surface area contributed by atoms with Gasteiger partial charge in [0.2, 0.25) is 0 Å². The lowest BCUT2D eigenvalue weighted by atomic mass is 10.1. The summed E-state index contributed by atoms with van der Waals surface area (Å²) in [4.78, 5) is 2.35. The lowest BCUT2D eigenvalue weighted by Gasteiger charge is -2.36. The van der Waals surface area contributed by atoms with E-state index in [0.29, 0.717) is 5.25 Å². The van der Waals surface area contributed by atoms with Gasteiger partial charge in [-0.2, -0.15) is 21.0 Å². The van der Waals surface area contributed by atoms with Gasteiger partial charge in [-0.1, -0.05) is 29.8 Å². The lowest BCUT2D eigenvalue weighted by Crippen LogP contribution is -2.46. The summed E-state index contributed by atoms with van der Waals surface area (Å²) in [6.45, 7) is 3.11. The predicted octanol–water partition coefficient (Wildman–Crippen LogP) is 1.80. The summed E-state index contributed by atoms with van der Waals surface area (Å²) in [6, 6.07) is 8.01. The standard InChI is InChI=1S/C10H12ClNS.H2O4S/c11-10-4-2-1-3-8(10)5-12-6-9(13)7-12;1-5(2,3)4/h1-4,9,13H,5-7H2;(H2,1,2,3,4). The van der Waals surface area contributed by atoms with E-state index in [1.807, 2.05) is 18.2 Å². The molecule has 0 spiro atoms. The highest BCUT2D eigenvalue weighted by molar-refractivity contribution is 7.81. The third-order valence-electron chi connectivity index (χ3n) is 2.29. The molecule has 0 bridgehead atoms. The largest absolute Gasteiger partial charge is 0.394 e. The van der Waals surface area contributed by atoms with Gasteiger partial charge in [0, 0.05) is 29.9 Å². The maximum absolute atomic E-state index is 8.74. The number of hydrogen-bond donors (Lipinski definition) is 3. The van der Waals surface area contributed by atoms with Crippen LogP contribution in [-0.2, 0) is 16.9 Å². The first-order valence-electron chi connectivity index (χ1n) is 5.09. The van der Waals surface area contributed by atoms with Crippen LogP contribution in [0.25, 0.3) is 0 Å². The van der Waals surface area contributed by atoms with Crippen molar-refractivity contribution in [1.82, 2.24) is 4.90 Å². The Morgan fingerprint density at radius 2 is 1.83 bits per heavy atom. The van der Waals surface area contributed by atoms with Crippen molar-refractivity contribution >= 4 is 34.6 Å². The molecule has 2 N–H and O–H groups in total. The Kier molecular flexibility index (Phi) is 5.90. The second-order valence-corrected chi connectivity index (χ2v) is 5.92. The molecule has 0 atom stereocenters. The van der Waals surface area contributed by atoms with Gasteiger partial charge < -0.3 is 0 Å². The summed E-state index contributed by atoms with van der Waals surface area (Å²) >= 11 is 10.4. The molecule has 8 heteroatoms. The van der Waals surface area contributed by atoms with Crippen LogP contribution in [0.2, 0.25) is 5.02 Å². The maximum Gasteiger partial charge on any atom is 0.394 e.